The van der Waals surface area contributed by atoms with E-state index in [4.69, 9.17) is 16.3 Å². The van der Waals surface area contributed by atoms with Crippen LogP contribution in [0.1, 0.15) is 15.9 Å². The lowest BCUT2D eigenvalue weighted by molar-refractivity contribution is 0.0697. The Morgan fingerprint density at radius 3 is 2.41 bits per heavy atom. The predicted octanol–water partition coefficient (Wildman–Crippen LogP) is 2.23. The van der Waals surface area contributed by atoms with E-state index in [0.29, 0.717) is 16.6 Å². The Balaban J connectivity index is 1.95. The molecule has 0 saturated heterocycles. The van der Waals surface area contributed by atoms with Crippen molar-refractivity contribution in [3.8, 4) is 28.3 Å². The lowest BCUT2D eigenvalue weighted by Gasteiger charge is -2.11. The minimum absolute atomic E-state index is 0.0929. The molecule has 0 spiro atoms. The van der Waals surface area contributed by atoms with Crippen LogP contribution in [0.2, 0.25) is 0 Å². The number of primary sulfonamides is 1. The minimum atomic E-state index is -4.01. The fourth-order valence-corrected chi connectivity index (χ4v) is 3.86. The number of carboxylic acid groups (broad SMARTS) is 1. The number of aromatic hydroxyl groups is 1. The Morgan fingerprint density at radius 1 is 1.03 bits per heavy atom. The van der Waals surface area contributed by atoms with Gasteiger partial charge in [0, 0.05) is 11.1 Å². The number of hydrogen-bond acceptors (Lipinski definition) is 6. The summed E-state index contributed by atoms with van der Waals surface area (Å²) in [4.78, 5) is 18.9. The number of aromatic nitrogens is 2. The van der Waals surface area contributed by atoms with Gasteiger partial charge in [0.25, 0.3) is 0 Å². The Kier molecular flexibility index (Phi) is 4.92. The normalized spacial score (nSPS) is 11.5. The SMILES string of the molecule is N=C(N)c1ccc2nc(-c3cc(C(=O)O)cc(-c4cccc(S(N)(=O)=O)c4)c3O)[nH]c2c1. The Labute approximate surface area is 181 Å². The summed E-state index contributed by atoms with van der Waals surface area (Å²) >= 11 is 0. The first-order chi connectivity index (χ1) is 15.0. The summed E-state index contributed by atoms with van der Waals surface area (Å²) in [5, 5.41) is 33.3. The molecule has 0 saturated carbocycles. The molecule has 3 aromatic carbocycles. The van der Waals surface area contributed by atoms with Crippen molar-refractivity contribution >= 4 is 32.9 Å². The summed E-state index contributed by atoms with van der Waals surface area (Å²) in [6, 6.07) is 12.9. The zero-order chi connectivity index (χ0) is 23.2. The van der Waals surface area contributed by atoms with Crippen molar-refractivity contribution in [2.75, 3.05) is 0 Å². The van der Waals surface area contributed by atoms with Crippen LogP contribution in [0, 0.1) is 5.41 Å². The highest BCUT2D eigenvalue weighted by molar-refractivity contribution is 7.89. The summed E-state index contributed by atoms with van der Waals surface area (Å²) in [5.74, 6) is -1.49. The molecule has 0 amide bonds. The Hall–Kier alpha value is -4.22. The van der Waals surface area contributed by atoms with Gasteiger partial charge >= 0.3 is 5.97 Å². The zero-order valence-electron chi connectivity index (χ0n) is 16.3. The molecule has 4 rings (SSSR count). The van der Waals surface area contributed by atoms with Crippen LogP contribution in [0.3, 0.4) is 0 Å². The highest BCUT2D eigenvalue weighted by Crippen LogP contribution is 2.39. The molecule has 32 heavy (non-hydrogen) atoms. The number of H-pyrrole nitrogens is 1. The maximum absolute atomic E-state index is 11.7. The number of phenolic OH excluding ortho intramolecular Hbond substituents is 1. The van der Waals surface area contributed by atoms with Gasteiger partial charge in [0.2, 0.25) is 10.0 Å². The monoisotopic (exact) mass is 451 g/mol. The van der Waals surface area contributed by atoms with E-state index in [-0.39, 0.29) is 44.6 Å². The van der Waals surface area contributed by atoms with Crippen LogP contribution in [0.5, 0.6) is 5.75 Å². The van der Waals surface area contributed by atoms with Crippen molar-refractivity contribution in [3.05, 3.63) is 65.7 Å². The van der Waals surface area contributed by atoms with Crippen molar-refractivity contribution in [1.82, 2.24) is 9.97 Å². The fourth-order valence-electron chi connectivity index (χ4n) is 3.30. The molecule has 0 atom stereocenters. The number of nitrogens with zero attached hydrogens (tertiary/aromatic N) is 1. The molecule has 0 aliphatic carbocycles. The van der Waals surface area contributed by atoms with Gasteiger partial charge in [-0.3, -0.25) is 5.41 Å². The van der Waals surface area contributed by atoms with Gasteiger partial charge in [-0.05, 0) is 48.0 Å². The first kappa shape index (κ1) is 21.0. The third-order valence-electron chi connectivity index (χ3n) is 4.88. The maximum Gasteiger partial charge on any atom is 0.335 e. The maximum atomic E-state index is 11.7. The number of carbonyl (C=O) groups is 1. The molecule has 0 aliphatic heterocycles. The standard InChI is InChI=1S/C21H17N5O5S/c22-19(23)11-4-5-16-17(9-11)26-20(25-16)15-8-12(21(28)29)7-14(18(15)27)10-2-1-3-13(6-10)32(24,30)31/h1-9,27H,(H3,22,23)(H,25,26)(H,28,29)(H2,24,30,31). The number of carboxylic acids is 1. The van der Waals surface area contributed by atoms with Crippen molar-refractivity contribution in [2.24, 2.45) is 10.9 Å². The molecule has 0 radical (unpaired) electrons. The van der Waals surface area contributed by atoms with E-state index in [1.54, 1.807) is 18.2 Å². The molecular formula is C21H17N5O5S. The van der Waals surface area contributed by atoms with Gasteiger partial charge in [-0.2, -0.15) is 0 Å². The molecule has 0 bridgehead atoms. The van der Waals surface area contributed by atoms with E-state index in [9.17, 15) is 23.4 Å². The Bertz CT molecular complexity index is 1530. The number of nitrogens with two attached hydrogens (primary N) is 2. The number of phenols is 1. The number of rotatable bonds is 5. The van der Waals surface area contributed by atoms with Gasteiger partial charge in [0.1, 0.15) is 17.4 Å². The number of nitrogen functional groups attached to an aromatic ring is 1. The van der Waals surface area contributed by atoms with Gasteiger partial charge < -0.3 is 20.9 Å². The third-order valence-corrected chi connectivity index (χ3v) is 5.79. The van der Waals surface area contributed by atoms with Crippen molar-refractivity contribution < 1.29 is 23.4 Å². The Morgan fingerprint density at radius 2 is 1.75 bits per heavy atom. The van der Waals surface area contributed by atoms with E-state index in [1.165, 1.54) is 36.4 Å². The zero-order valence-corrected chi connectivity index (χ0v) is 17.1. The molecule has 1 aromatic heterocycles. The number of aromatic amines is 1. The van der Waals surface area contributed by atoms with Gasteiger partial charge in [0.05, 0.1) is 27.1 Å². The molecule has 4 aromatic rings. The smallest absolute Gasteiger partial charge is 0.335 e. The molecule has 0 fully saturated rings. The first-order valence-electron chi connectivity index (χ1n) is 9.12. The second kappa shape index (κ2) is 7.48. The van der Waals surface area contributed by atoms with E-state index >= 15 is 0 Å². The van der Waals surface area contributed by atoms with Crippen molar-refractivity contribution in [3.63, 3.8) is 0 Å². The number of benzene rings is 3. The van der Waals surface area contributed by atoms with E-state index in [0.717, 1.165) is 0 Å². The fraction of sp³-hybridized carbons (Fsp3) is 0. The lowest BCUT2D eigenvalue weighted by atomic mass is 9.97. The second-order valence-electron chi connectivity index (χ2n) is 7.03. The van der Waals surface area contributed by atoms with Gasteiger partial charge in [-0.15, -0.1) is 0 Å². The molecule has 8 N–H and O–H groups in total. The summed E-state index contributed by atoms with van der Waals surface area (Å²) in [6.07, 6.45) is 0. The number of sulfonamides is 1. The van der Waals surface area contributed by atoms with Crippen LogP contribution < -0.4 is 10.9 Å². The summed E-state index contributed by atoms with van der Waals surface area (Å²) in [7, 11) is -4.01. The quantitative estimate of drug-likeness (QED) is 0.197. The van der Waals surface area contributed by atoms with Crippen LogP contribution in [-0.4, -0.2) is 40.4 Å². The highest BCUT2D eigenvalue weighted by Gasteiger charge is 2.20. The van der Waals surface area contributed by atoms with Crippen molar-refractivity contribution in [2.45, 2.75) is 4.90 Å². The topological polar surface area (TPSA) is 196 Å². The predicted molar refractivity (Wildman–Crippen MR) is 118 cm³/mol. The molecule has 1 heterocycles. The largest absolute Gasteiger partial charge is 0.507 e. The highest BCUT2D eigenvalue weighted by atomic mass is 32.2. The molecule has 11 heteroatoms. The first-order valence-corrected chi connectivity index (χ1v) is 10.7. The number of nitrogens with one attached hydrogen (secondary N) is 2. The molecule has 0 aliphatic rings. The third kappa shape index (κ3) is 3.77. The lowest BCUT2D eigenvalue weighted by Crippen LogP contribution is -2.12. The number of fused-ring (bicyclic) bond motifs is 1. The molecular weight excluding hydrogens is 434 g/mol. The van der Waals surface area contributed by atoms with Crippen LogP contribution >= 0.6 is 0 Å². The number of imidazole rings is 1. The molecule has 162 valence electrons. The minimum Gasteiger partial charge on any atom is -0.507 e. The van der Waals surface area contributed by atoms with E-state index in [2.05, 4.69) is 9.97 Å². The summed E-state index contributed by atoms with van der Waals surface area (Å²) in [5.41, 5.74) is 7.35. The number of hydrogen-bond donors (Lipinski definition) is 6. The second-order valence-corrected chi connectivity index (χ2v) is 8.59. The van der Waals surface area contributed by atoms with E-state index < -0.39 is 16.0 Å². The van der Waals surface area contributed by atoms with E-state index in [1.807, 2.05) is 0 Å². The number of amidine groups is 1. The average molecular weight is 451 g/mol. The van der Waals surface area contributed by atoms with Gasteiger partial charge in [-0.25, -0.2) is 23.3 Å². The summed E-state index contributed by atoms with van der Waals surface area (Å²) < 4.78 is 23.4. The van der Waals surface area contributed by atoms with Crippen LogP contribution in [0.25, 0.3) is 33.5 Å². The van der Waals surface area contributed by atoms with Gasteiger partial charge in [-0.1, -0.05) is 12.1 Å². The van der Waals surface area contributed by atoms with Crippen LogP contribution in [0.15, 0.2) is 59.5 Å². The molecule has 0 unspecified atom stereocenters. The molecule has 10 nitrogen and oxygen atoms in total. The average Bonchev–Trinajstić information content (AvgIpc) is 3.16. The van der Waals surface area contributed by atoms with Crippen LogP contribution in [-0.2, 0) is 10.0 Å². The van der Waals surface area contributed by atoms with Crippen LogP contribution in [0.4, 0.5) is 0 Å². The number of aromatic carboxylic acids is 1. The summed E-state index contributed by atoms with van der Waals surface area (Å²) in [6.45, 7) is 0. The van der Waals surface area contributed by atoms with Gasteiger partial charge in [0.15, 0.2) is 0 Å². The van der Waals surface area contributed by atoms with Crippen molar-refractivity contribution in [1.29, 1.82) is 5.41 Å².